The van der Waals surface area contributed by atoms with Crippen molar-refractivity contribution >= 4 is 11.9 Å². The minimum absolute atomic E-state index is 0.326. The standard InChI is InChI=1S/C16H27NO11/c1-4-6-7(17-5(2)18)15(28-14(24)8(6)19)26-11-9(20)10(21)16(25-3)27-12(11)13(22)23/h6-12,14-16,19-21,24H,4H2,1-3H3,(H,17,18)(H,22,23). The number of rotatable bonds is 6. The summed E-state index contributed by atoms with van der Waals surface area (Å²) in [4.78, 5) is 23.1. The van der Waals surface area contributed by atoms with Gasteiger partial charge >= 0.3 is 5.97 Å². The summed E-state index contributed by atoms with van der Waals surface area (Å²) in [6, 6.07) is -0.958. The molecule has 0 saturated carbocycles. The van der Waals surface area contributed by atoms with Gasteiger partial charge in [-0.1, -0.05) is 6.92 Å². The number of hydrogen-bond donors (Lipinski definition) is 6. The number of aliphatic carboxylic acids is 1. The number of carbonyl (C=O) groups excluding carboxylic acids is 1. The van der Waals surface area contributed by atoms with Crippen LogP contribution in [0.1, 0.15) is 20.3 Å². The molecule has 0 bridgehead atoms. The zero-order valence-electron chi connectivity index (χ0n) is 15.7. The van der Waals surface area contributed by atoms with E-state index in [1.54, 1.807) is 6.92 Å². The van der Waals surface area contributed by atoms with Crippen molar-refractivity contribution in [3.8, 4) is 0 Å². The Kier molecular flexibility index (Phi) is 7.70. The Hall–Kier alpha value is -1.38. The summed E-state index contributed by atoms with van der Waals surface area (Å²) < 4.78 is 20.7. The predicted octanol–water partition coefficient (Wildman–Crippen LogP) is -2.88. The first-order chi connectivity index (χ1) is 13.1. The van der Waals surface area contributed by atoms with Crippen molar-refractivity contribution in [2.24, 2.45) is 5.92 Å². The Morgan fingerprint density at radius 2 is 1.68 bits per heavy atom. The van der Waals surface area contributed by atoms with Crippen LogP contribution in [0.5, 0.6) is 0 Å². The number of methoxy groups -OCH3 is 1. The second kappa shape index (κ2) is 9.41. The number of nitrogens with one attached hydrogen (secondary N) is 1. The van der Waals surface area contributed by atoms with Crippen molar-refractivity contribution in [3.63, 3.8) is 0 Å². The fourth-order valence-corrected chi connectivity index (χ4v) is 3.49. The highest BCUT2D eigenvalue weighted by molar-refractivity contribution is 5.74. The molecule has 0 aliphatic carbocycles. The van der Waals surface area contributed by atoms with Crippen molar-refractivity contribution < 1.29 is 54.1 Å². The van der Waals surface area contributed by atoms with Crippen LogP contribution in [-0.4, -0.2) is 100.0 Å². The van der Waals surface area contributed by atoms with Gasteiger partial charge in [0.05, 0.1) is 6.04 Å². The van der Waals surface area contributed by atoms with E-state index >= 15 is 0 Å². The number of hydrogen-bond acceptors (Lipinski definition) is 10. The molecule has 0 spiro atoms. The molecule has 10 atom stereocenters. The first-order valence-electron chi connectivity index (χ1n) is 8.83. The summed E-state index contributed by atoms with van der Waals surface area (Å²) in [6.07, 6.45) is -12.2. The maximum atomic E-state index is 11.6. The molecular formula is C16H27NO11. The Labute approximate surface area is 160 Å². The van der Waals surface area contributed by atoms with Crippen LogP contribution in [0.15, 0.2) is 0 Å². The van der Waals surface area contributed by atoms with Crippen molar-refractivity contribution in [1.82, 2.24) is 5.32 Å². The Balaban J connectivity index is 2.29. The van der Waals surface area contributed by atoms with Crippen LogP contribution in [0, 0.1) is 5.92 Å². The fraction of sp³-hybridized carbons (Fsp3) is 0.875. The lowest BCUT2D eigenvalue weighted by molar-refractivity contribution is -0.353. The molecule has 12 nitrogen and oxygen atoms in total. The zero-order valence-corrected chi connectivity index (χ0v) is 15.7. The molecule has 1 amide bonds. The molecule has 0 radical (unpaired) electrons. The van der Waals surface area contributed by atoms with Gasteiger partial charge in [-0.05, 0) is 6.42 Å². The van der Waals surface area contributed by atoms with Crippen LogP contribution in [-0.2, 0) is 28.5 Å². The third kappa shape index (κ3) is 4.60. The lowest BCUT2D eigenvalue weighted by Crippen LogP contribution is -2.66. The van der Waals surface area contributed by atoms with Crippen molar-refractivity contribution in [3.05, 3.63) is 0 Å². The van der Waals surface area contributed by atoms with E-state index in [1.165, 1.54) is 14.0 Å². The van der Waals surface area contributed by atoms with Gasteiger partial charge in [-0.25, -0.2) is 4.79 Å². The molecule has 2 heterocycles. The molecule has 0 aromatic rings. The Morgan fingerprint density at radius 3 is 2.18 bits per heavy atom. The molecule has 28 heavy (non-hydrogen) atoms. The molecule has 6 N–H and O–H groups in total. The monoisotopic (exact) mass is 409 g/mol. The molecule has 12 heteroatoms. The summed E-state index contributed by atoms with van der Waals surface area (Å²) in [5.41, 5.74) is 0. The van der Waals surface area contributed by atoms with Gasteiger partial charge < -0.3 is 49.8 Å². The number of aliphatic hydroxyl groups is 4. The third-order valence-corrected chi connectivity index (χ3v) is 4.91. The Bertz CT molecular complexity index is 561. The molecule has 0 aromatic heterocycles. The van der Waals surface area contributed by atoms with Crippen molar-refractivity contribution in [1.29, 1.82) is 0 Å². The average Bonchev–Trinajstić information content (AvgIpc) is 2.62. The molecule has 2 rings (SSSR count). The molecule has 162 valence electrons. The predicted molar refractivity (Wildman–Crippen MR) is 88.5 cm³/mol. The topological polar surface area (TPSA) is 184 Å². The van der Waals surface area contributed by atoms with Gasteiger partial charge in [-0.15, -0.1) is 0 Å². The Morgan fingerprint density at radius 1 is 1.04 bits per heavy atom. The molecule has 10 unspecified atom stereocenters. The maximum Gasteiger partial charge on any atom is 0.335 e. The molecule has 2 fully saturated rings. The molecule has 0 aromatic carbocycles. The first-order valence-corrected chi connectivity index (χ1v) is 8.83. The molecular weight excluding hydrogens is 382 g/mol. The number of aliphatic hydroxyl groups excluding tert-OH is 4. The summed E-state index contributed by atoms with van der Waals surface area (Å²) >= 11 is 0. The largest absolute Gasteiger partial charge is 0.479 e. The number of amides is 1. The van der Waals surface area contributed by atoms with E-state index in [0.717, 1.165) is 0 Å². The highest BCUT2D eigenvalue weighted by Gasteiger charge is 2.52. The lowest BCUT2D eigenvalue weighted by Gasteiger charge is -2.46. The van der Waals surface area contributed by atoms with Gasteiger partial charge in [0.2, 0.25) is 5.91 Å². The summed E-state index contributed by atoms with van der Waals surface area (Å²) in [6.45, 7) is 2.94. The van der Waals surface area contributed by atoms with Gasteiger partial charge in [0.15, 0.2) is 25.0 Å². The summed E-state index contributed by atoms with van der Waals surface area (Å²) in [5.74, 6) is -2.64. The van der Waals surface area contributed by atoms with Gasteiger partial charge in [0.25, 0.3) is 0 Å². The number of carbonyl (C=O) groups is 2. The van der Waals surface area contributed by atoms with Crippen LogP contribution in [0.3, 0.4) is 0 Å². The third-order valence-electron chi connectivity index (χ3n) is 4.91. The van der Waals surface area contributed by atoms with Gasteiger partial charge in [-0.3, -0.25) is 4.79 Å². The van der Waals surface area contributed by atoms with Crippen LogP contribution < -0.4 is 5.32 Å². The second-order valence-electron chi connectivity index (χ2n) is 6.76. The van der Waals surface area contributed by atoms with Crippen LogP contribution in [0.2, 0.25) is 0 Å². The number of ether oxygens (including phenoxy) is 4. The second-order valence-corrected chi connectivity index (χ2v) is 6.76. The van der Waals surface area contributed by atoms with E-state index in [-0.39, 0.29) is 0 Å². The molecule has 2 saturated heterocycles. The normalized spacial score (nSPS) is 44.1. The quantitative estimate of drug-likeness (QED) is 0.265. The fourth-order valence-electron chi connectivity index (χ4n) is 3.49. The molecule has 2 aliphatic heterocycles. The van der Waals surface area contributed by atoms with E-state index in [1.807, 2.05) is 0 Å². The van der Waals surface area contributed by atoms with Gasteiger partial charge in [0.1, 0.15) is 24.4 Å². The number of carboxylic acids is 1. The lowest BCUT2D eigenvalue weighted by atomic mass is 9.87. The van der Waals surface area contributed by atoms with Gasteiger partial charge in [-0.2, -0.15) is 0 Å². The molecule has 2 aliphatic rings. The smallest absolute Gasteiger partial charge is 0.335 e. The van der Waals surface area contributed by atoms with E-state index < -0.39 is 73.2 Å². The van der Waals surface area contributed by atoms with Crippen molar-refractivity contribution in [2.75, 3.05) is 7.11 Å². The van der Waals surface area contributed by atoms with E-state index in [9.17, 15) is 35.1 Å². The summed E-state index contributed by atoms with van der Waals surface area (Å²) in [7, 11) is 1.17. The first kappa shape index (κ1) is 22.9. The summed E-state index contributed by atoms with van der Waals surface area (Å²) in [5, 5.41) is 52.5. The van der Waals surface area contributed by atoms with E-state index in [2.05, 4.69) is 5.32 Å². The minimum atomic E-state index is -1.73. The average molecular weight is 409 g/mol. The number of carboxylic acid groups (broad SMARTS) is 1. The van der Waals surface area contributed by atoms with Crippen LogP contribution in [0.25, 0.3) is 0 Å². The van der Waals surface area contributed by atoms with Gasteiger partial charge in [0, 0.05) is 20.0 Å². The SMILES string of the molecule is CCC1C(O)C(O)OC(OC2C(C(=O)O)OC(OC)C(O)C2O)C1NC(C)=O. The van der Waals surface area contributed by atoms with E-state index in [0.29, 0.717) is 6.42 Å². The minimum Gasteiger partial charge on any atom is -0.479 e. The van der Waals surface area contributed by atoms with E-state index in [4.69, 9.17) is 18.9 Å². The van der Waals surface area contributed by atoms with Crippen LogP contribution >= 0.6 is 0 Å². The highest BCUT2D eigenvalue weighted by atomic mass is 16.8. The van der Waals surface area contributed by atoms with Crippen molar-refractivity contribution in [2.45, 2.75) is 75.7 Å². The zero-order chi connectivity index (χ0) is 21.2. The highest BCUT2D eigenvalue weighted by Crippen LogP contribution is 2.32. The maximum absolute atomic E-state index is 11.6. The van der Waals surface area contributed by atoms with Crippen LogP contribution in [0.4, 0.5) is 0 Å².